The topological polar surface area (TPSA) is 86.4 Å². The van der Waals surface area contributed by atoms with Gasteiger partial charge in [0.2, 0.25) is 0 Å². The van der Waals surface area contributed by atoms with Crippen molar-refractivity contribution in [3.63, 3.8) is 0 Å². The normalized spacial score (nSPS) is 15.9. The molecule has 8 bridgehead atoms. The number of para-hydroxylation sites is 4. The molecule has 4 aromatic carbocycles. The predicted octanol–water partition coefficient (Wildman–Crippen LogP) is 18.0. The summed E-state index contributed by atoms with van der Waals surface area (Å²) < 4.78 is 26.7. The monoisotopic (exact) mass is 1000 g/mol. The Morgan fingerprint density at radius 3 is 1.24 bits per heavy atom. The third-order valence-electron chi connectivity index (χ3n) is 13.2. The third-order valence-corrected chi connectivity index (χ3v) is 13.2. The molecule has 5 aliphatic rings. The maximum atomic E-state index is 6.74. The summed E-state index contributed by atoms with van der Waals surface area (Å²) in [6.45, 7) is 8.79. The van der Waals surface area contributed by atoms with Crippen molar-refractivity contribution in [1.29, 1.82) is 0 Å². The molecule has 384 valence electrons. The molecule has 8 heteroatoms. The van der Waals surface area contributed by atoms with Crippen molar-refractivity contribution in [3.05, 3.63) is 240 Å². The SMILES string of the molecule is CCCCC=COc1ccccc1C1=CC2=CC3=NC(=CC4=NC(=CC5=NC(=C(c6ccccc6OC=CCCCC)C1=N2)C(c1ccccc1OC=CCCCC)=C5c1ccccc1OC=CCCCC)C=C4)C=C3. The molecule has 0 atom stereocenters. The van der Waals surface area contributed by atoms with Gasteiger partial charge in [0.15, 0.2) is 0 Å². The smallest absolute Gasteiger partial charge is 0.134 e. The van der Waals surface area contributed by atoms with Gasteiger partial charge >= 0.3 is 0 Å². The van der Waals surface area contributed by atoms with Crippen molar-refractivity contribution in [2.24, 2.45) is 20.0 Å². The summed E-state index contributed by atoms with van der Waals surface area (Å²) >= 11 is 0. The van der Waals surface area contributed by atoms with E-state index in [1.807, 2.05) is 122 Å². The van der Waals surface area contributed by atoms with Crippen LogP contribution in [0.25, 0.3) is 22.3 Å². The van der Waals surface area contributed by atoms with Crippen LogP contribution in [0, 0.1) is 0 Å². The number of ether oxygens (including phenoxy) is 4. The minimum absolute atomic E-state index is 0.646. The molecule has 9 rings (SSSR count). The number of hydrogen-bond acceptors (Lipinski definition) is 8. The molecule has 4 aromatic rings. The summed E-state index contributed by atoms with van der Waals surface area (Å²) in [5, 5.41) is 0. The molecule has 0 fully saturated rings. The fraction of sp³-hybridized carbons (Fsp3) is 0.235. The lowest BCUT2D eigenvalue weighted by Crippen LogP contribution is -2.09. The maximum absolute atomic E-state index is 6.74. The quantitative estimate of drug-likeness (QED) is 0.0517. The van der Waals surface area contributed by atoms with Gasteiger partial charge in [-0.05, 0) is 149 Å². The summed E-state index contributed by atoms with van der Waals surface area (Å²) in [6, 6.07) is 32.8. The number of aliphatic imine (C=N–C) groups is 4. The standard InChI is InChI=1S/C68H68N4O4/c1-5-9-13-25-41-73-60-33-21-17-29-54(60)58-47-53-46-51-38-37-49(69-51)45-50-39-40-52(70-50)48-59-64(55-30-18-22-34-61(55)74-42-26-14-10-6-2)65(56-31-19-23-35-62(56)75-43-27-15-11-7-3)68(72-59)66(67(58)71-53)57-32-20-24-36-63(57)76-44-28-16-12-8-4/h17-48H,5-16H2,1-4H3. The van der Waals surface area contributed by atoms with E-state index in [0.717, 1.165) is 144 Å². The van der Waals surface area contributed by atoms with E-state index in [-0.39, 0.29) is 0 Å². The van der Waals surface area contributed by atoms with Gasteiger partial charge in [0.05, 0.1) is 70.7 Å². The van der Waals surface area contributed by atoms with Gasteiger partial charge in [0.1, 0.15) is 23.0 Å². The van der Waals surface area contributed by atoms with Crippen LogP contribution < -0.4 is 18.9 Å². The van der Waals surface area contributed by atoms with Crippen molar-refractivity contribution in [1.82, 2.24) is 0 Å². The van der Waals surface area contributed by atoms with Crippen molar-refractivity contribution in [2.75, 3.05) is 0 Å². The molecule has 0 aliphatic carbocycles. The van der Waals surface area contributed by atoms with Crippen molar-refractivity contribution < 1.29 is 18.9 Å². The highest BCUT2D eigenvalue weighted by Crippen LogP contribution is 2.51. The van der Waals surface area contributed by atoms with Crippen LogP contribution in [0.4, 0.5) is 0 Å². The zero-order valence-electron chi connectivity index (χ0n) is 44.4. The van der Waals surface area contributed by atoms with Crippen molar-refractivity contribution >= 4 is 45.1 Å². The van der Waals surface area contributed by atoms with E-state index in [1.165, 1.54) is 0 Å². The first-order chi connectivity index (χ1) is 37.6. The zero-order valence-corrected chi connectivity index (χ0v) is 44.4. The van der Waals surface area contributed by atoms with Crippen LogP contribution in [0.5, 0.6) is 23.0 Å². The fourth-order valence-electron chi connectivity index (χ4n) is 9.29. The summed E-state index contributed by atoms with van der Waals surface area (Å²) in [5.74, 6) is 2.69. The van der Waals surface area contributed by atoms with E-state index >= 15 is 0 Å². The Morgan fingerprint density at radius 2 is 0.763 bits per heavy atom. The van der Waals surface area contributed by atoms with Crippen LogP contribution in [0.3, 0.4) is 0 Å². The Balaban J connectivity index is 1.40. The lowest BCUT2D eigenvalue weighted by atomic mass is 9.85. The Morgan fingerprint density at radius 1 is 0.368 bits per heavy atom. The first kappa shape index (κ1) is 52.5. The molecule has 0 aromatic heterocycles. The third kappa shape index (κ3) is 12.9. The van der Waals surface area contributed by atoms with Crippen LogP contribution in [0.15, 0.2) is 238 Å². The van der Waals surface area contributed by atoms with E-state index in [4.69, 9.17) is 38.9 Å². The van der Waals surface area contributed by atoms with Gasteiger partial charge in [-0.15, -0.1) is 0 Å². The Hall–Kier alpha value is -8.36. The number of allylic oxidation sites excluding steroid dienone is 16. The van der Waals surface area contributed by atoms with Gasteiger partial charge in [0, 0.05) is 44.5 Å². The molecule has 0 unspecified atom stereocenters. The number of fused-ring (bicyclic) bond motifs is 4. The number of rotatable bonds is 24. The fourth-order valence-corrected chi connectivity index (χ4v) is 9.29. The van der Waals surface area contributed by atoms with Gasteiger partial charge in [0.25, 0.3) is 0 Å². The highest BCUT2D eigenvalue weighted by Gasteiger charge is 2.36. The molecular formula is C68H68N4O4. The van der Waals surface area contributed by atoms with Crippen LogP contribution in [-0.2, 0) is 0 Å². The highest BCUT2D eigenvalue weighted by atomic mass is 16.5. The maximum Gasteiger partial charge on any atom is 0.134 e. The van der Waals surface area contributed by atoms with Crippen LogP contribution in [-0.4, -0.2) is 22.8 Å². The van der Waals surface area contributed by atoms with E-state index in [9.17, 15) is 0 Å². The van der Waals surface area contributed by atoms with E-state index in [0.29, 0.717) is 45.8 Å². The first-order valence-electron chi connectivity index (χ1n) is 27.3. The Labute approximate surface area is 449 Å². The van der Waals surface area contributed by atoms with Gasteiger partial charge in [-0.1, -0.05) is 126 Å². The second-order valence-corrected chi connectivity index (χ2v) is 18.9. The lowest BCUT2D eigenvalue weighted by molar-refractivity contribution is 0.476. The van der Waals surface area contributed by atoms with Gasteiger partial charge in [-0.2, -0.15) is 0 Å². The average molecular weight is 1010 g/mol. The predicted molar refractivity (Wildman–Crippen MR) is 317 cm³/mol. The summed E-state index contributed by atoms with van der Waals surface area (Å²) in [6.07, 6.45) is 44.2. The number of benzene rings is 4. The molecule has 0 radical (unpaired) electrons. The van der Waals surface area contributed by atoms with Crippen LogP contribution >= 0.6 is 0 Å². The molecule has 76 heavy (non-hydrogen) atoms. The molecule has 0 saturated carbocycles. The molecule has 5 heterocycles. The number of nitrogens with zero attached hydrogens (tertiary/aromatic N) is 4. The minimum atomic E-state index is 0.646. The Kier molecular flexibility index (Phi) is 18.5. The van der Waals surface area contributed by atoms with Crippen molar-refractivity contribution in [3.8, 4) is 23.0 Å². The second kappa shape index (κ2) is 26.7. The molecule has 0 N–H and O–H groups in total. The van der Waals surface area contributed by atoms with E-state index in [2.05, 4.69) is 101 Å². The summed E-state index contributed by atoms with van der Waals surface area (Å²) in [5.41, 5.74) is 12.4. The minimum Gasteiger partial charge on any atom is -0.465 e. The van der Waals surface area contributed by atoms with E-state index < -0.39 is 0 Å². The lowest BCUT2D eigenvalue weighted by Gasteiger charge is -2.21. The Bertz CT molecular complexity index is 3300. The van der Waals surface area contributed by atoms with Gasteiger partial charge < -0.3 is 18.9 Å². The van der Waals surface area contributed by atoms with Crippen molar-refractivity contribution in [2.45, 2.75) is 105 Å². The summed E-state index contributed by atoms with van der Waals surface area (Å²) in [7, 11) is 0. The summed E-state index contributed by atoms with van der Waals surface area (Å²) in [4.78, 5) is 21.7. The highest BCUT2D eigenvalue weighted by molar-refractivity contribution is 6.51. The van der Waals surface area contributed by atoms with Gasteiger partial charge in [-0.3, -0.25) is 0 Å². The molecule has 5 aliphatic heterocycles. The molecule has 0 spiro atoms. The number of hydrogen-bond donors (Lipinski definition) is 0. The van der Waals surface area contributed by atoms with Crippen LogP contribution in [0.2, 0.25) is 0 Å². The molecule has 0 saturated heterocycles. The zero-order chi connectivity index (χ0) is 52.3. The molecule has 8 nitrogen and oxygen atoms in total. The second-order valence-electron chi connectivity index (χ2n) is 18.9. The average Bonchev–Trinajstić information content (AvgIpc) is 4.33. The largest absolute Gasteiger partial charge is 0.465 e. The first-order valence-corrected chi connectivity index (χ1v) is 27.3. The van der Waals surface area contributed by atoms with Gasteiger partial charge in [-0.25, -0.2) is 20.0 Å². The van der Waals surface area contributed by atoms with E-state index in [1.54, 1.807) is 0 Å². The van der Waals surface area contributed by atoms with Crippen LogP contribution in [0.1, 0.15) is 127 Å². The molecule has 0 amide bonds. The number of unbranched alkanes of at least 4 members (excludes halogenated alkanes) is 8. The molecular weight excluding hydrogens is 937 g/mol.